The number of rotatable bonds is 2. The van der Waals surface area contributed by atoms with E-state index in [1.54, 1.807) is 0 Å². The summed E-state index contributed by atoms with van der Waals surface area (Å²) in [5.74, 6) is 2.06. The highest BCUT2D eigenvalue weighted by molar-refractivity contribution is 5.92. The third-order valence-corrected chi connectivity index (χ3v) is 4.97. The third kappa shape index (κ3) is 3.29. The first kappa shape index (κ1) is 14.6. The zero-order valence-electron chi connectivity index (χ0n) is 13.3. The van der Waals surface area contributed by atoms with Crippen molar-refractivity contribution < 1.29 is 0 Å². The lowest BCUT2D eigenvalue weighted by atomic mass is 9.75. The number of nitrogens with one attached hydrogen (secondary N) is 2. The Morgan fingerprint density at radius 2 is 2.14 bits per heavy atom. The molecule has 2 aliphatic rings. The van der Waals surface area contributed by atoms with Gasteiger partial charge in [0.25, 0.3) is 0 Å². The molecule has 114 valence electrons. The Kier molecular flexibility index (Phi) is 4.29. The molecule has 0 amide bonds. The molecule has 1 aliphatic carbocycles. The molecule has 3 heteroatoms. The molecule has 3 rings (SSSR count). The van der Waals surface area contributed by atoms with Crippen LogP contribution in [-0.2, 0) is 6.54 Å². The molecule has 1 aliphatic heterocycles. The van der Waals surface area contributed by atoms with Crippen molar-refractivity contribution in [2.45, 2.75) is 51.6 Å². The van der Waals surface area contributed by atoms with Crippen molar-refractivity contribution in [1.29, 1.82) is 0 Å². The molecule has 0 bridgehead atoms. The van der Waals surface area contributed by atoms with Crippen molar-refractivity contribution >= 4 is 5.84 Å². The van der Waals surface area contributed by atoms with Crippen molar-refractivity contribution in [2.75, 3.05) is 13.1 Å². The van der Waals surface area contributed by atoms with Gasteiger partial charge < -0.3 is 10.6 Å². The first-order valence-corrected chi connectivity index (χ1v) is 8.27. The molecule has 0 aromatic heterocycles. The molecule has 1 aromatic rings. The van der Waals surface area contributed by atoms with Gasteiger partial charge in [-0.2, -0.15) is 0 Å². The van der Waals surface area contributed by atoms with Crippen LogP contribution in [0.5, 0.6) is 0 Å². The minimum atomic E-state index is 0.120. The molecule has 1 saturated carbocycles. The summed E-state index contributed by atoms with van der Waals surface area (Å²) in [6.45, 7) is 7.30. The van der Waals surface area contributed by atoms with Crippen LogP contribution < -0.4 is 10.6 Å². The summed E-state index contributed by atoms with van der Waals surface area (Å²) in [5.41, 5.74) is 2.77. The van der Waals surface area contributed by atoms with E-state index < -0.39 is 0 Å². The molecule has 1 spiro atoms. The molecule has 2 N–H and O–H groups in total. The van der Waals surface area contributed by atoms with Gasteiger partial charge in [0.15, 0.2) is 0 Å². The van der Waals surface area contributed by atoms with E-state index in [2.05, 4.69) is 48.7 Å². The minimum absolute atomic E-state index is 0.120. The highest BCUT2D eigenvalue weighted by Gasteiger charge is 2.39. The van der Waals surface area contributed by atoms with Gasteiger partial charge in [-0.25, -0.2) is 0 Å². The molecular formula is C18H27N3. The van der Waals surface area contributed by atoms with Gasteiger partial charge in [-0.15, -0.1) is 0 Å². The highest BCUT2D eigenvalue weighted by atomic mass is 15.1. The van der Waals surface area contributed by atoms with Gasteiger partial charge in [-0.3, -0.25) is 4.99 Å². The number of hydrogen-bond donors (Lipinski definition) is 2. The molecule has 1 heterocycles. The lowest BCUT2D eigenvalue weighted by molar-refractivity contribution is 0.251. The van der Waals surface area contributed by atoms with Gasteiger partial charge in [-0.1, -0.05) is 36.8 Å². The van der Waals surface area contributed by atoms with Gasteiger partial charge in [0.1, 0.15) is 5.84 Å². The lowest BCUT2D eigenvalue weighted by Gasteiger charge is -2.43. The maximum absolute atomic E-state index is 4.81. The van der Waals surface area contributed by atoms with Crippen LogP contribution in [-0.4, -0.2) is 24.5 Å². The summed E-state index contributed by atoms with van der Waals surface area (Å²) in [5, 5.41) is 7.39. The SMILES string of the molecule is Cc1cccc(CNC2=NCCNC23CCC(C)CC3)c1. The largest absolute Gasteiger partial charge is 0.368 e. The van der Waals surface area contributed by atoms with Gasteiger partial charge in [-0.05, 0) is 44.1 Å². The summed E-state index contributed by atoms with van der Waals surface area (Å²) in [4.78, 5) is 4.81. The molecule has 3 nitrogen and oxygen atoms in total. The maximum Gasteiger partial charge on any atom is 0.117 e. The summed E-state index contributed by atoms with van der Waals surface area (Å²) < 4.78 is 0. The van der Waals surface area contributed by atoms with Crippen molar-refractivity contribution in [3.63, 3.8) is 0 Å². The smallest absolute Gasteiger partial charge is 0.117 e. The second-order valence-corrected chi connectivity index (χ2v) is 6.76. The van der Waals surface area contributed by atoms with E-state index in [1.807, 2.05) is 0 Å². The second-order valence-electron chi connectivity index (χ2n) is 6.76. The molecule has 21 heavy (non-hydrogen) atoms. The summed E-state index contributed by atoms with van der Waals surface area (Å²) in [6.07, 6.45) is 5.04. The van der Waals surface area contributed by atoms with Crippen molar-refractivity contribution in [3.8, 4) is 0 Å². The van der Waals surface area contributed by atoms with Gasteiger partial charge >= 0.3 is 0 Å². The summed E-state index contributed by atoms with van der Waals surface area (Å²) >= 11 is 0. The minimum Gasteiger partial charge on any atom is -0.368 e. The van der Waals surface area contributed by atoms with Crippen LogP contribution in [0.3, 0.4) is 0 Å². The average Bonchev–Trinajstić information content (AvgIpc) is 2.50. The normalized spacial score (nSPS) is 29.2. The number of amidine groups is 1. The molecule has 0 unspecified atom stereocenters. The van der Waals surface area contributed by atoms with Crippen LogP contribution in [0.2, 0.25) is 0 Å². The van der Waals surface area contributed by atoms with Crippen LogP contribution in [0.4, 0.5) is 0 Å². The number of benzene rings is 1. The summed E-state index contributed by atoms with van der Waals surface area (Å²) in [7, 11) is 0. The van der Waals surface area contributed by atoms with Crippen LogP contribution in [0, 0.1) is 12.8 Å². The zero-order valence-corrected chi connectivity index (χ0v) is 13.3. The van der Waals surface area contributed by atoms with E-state index in [-0.39, 0.29) is 5.54 Å². The Balaban J connectivity index is 1.69. The van der Waals surface area contributed by atoms with Crippen LogP contribution in [0.1, 0.15) is 43.7 Å². The van der Waals surface area contributed by atoms with Crippen LogP contribution in [0.25, 0.3) is 0 Å². The van der Waals surface area contributed by atoms with Gasteiger partial charge in [0, 0.05) is 13.1 Å². The Morgan fingerprint density at radius 3 is 2.90 bits per heavy atom. The zero-order chi connectivity index (χ0) is 14.7. The molecule has 1 aromatic carbocycles. The topological polar surface area (TPSA) is 36.4 Å². The Hall–Kier alpha value is -1.35. The second kappa shape index (κ2) is 6.18. The van der Waals surface area contributed by atoms with E-state index in [4.69, 9.17) is 4.99 Å². The molecule has 0 saturated heterocycles. The average molecular weight is 285 g/mol. The maximum atomic E-state index is 4.81. The van der Waals surface area contributed by atoms with Crippen LogP contribution >= 0.6 is 0 Å². The number of aryl methyl sites for hydroxylation is 1. The standard InChI is InChI=1S/C18H27N3/c1-14-6-8-18(9-7-14)17(19-10-11-21-18)20-13-16-5-3-4-15(2)12-16/h3-5,12,14,21H,6-11,13H2,1-2H3,(H,19,20). The first-order chi connectivity index (χ1) is 10.2. The summed E-state index contributed by atoms with van der Waals surface area (Å²) in [6, 6.07) is 8.71. The molecule has 0 radical (unpaired) electrons. The first-order valence-electron chi connectivity index (χ1n) is 8.27. The van der Waals surface area contributed by atoms with Crippen LogP contribution in [0.15, 0.2) is 29.3 Å². The van der Waals surface area contributed by atoms with E-state index in [1.165, 1.54) is 42.6 Å². The van der Waals surface area contributed by atoms with Gasteiger partial charge in [0.2, 0.25) is 0 Å². The quantitative estimate of drug-likeness (QED) is 0.876. The molecule has 1 fully saturated rings. The van der Waals surface area contributed by atoms with Crippen molar-refractivity contribution in [1.82, 2.24) is 10.6 Å². The van der Waals surface area contributed by atoms with Crippen molar-refractivity contribution in [2.24, 2.45) is 10.9 Å². The lowest BCUT2D eigenvalue weighted by Crippen LogP contribution is -2.61. The fourth-order valence-corrected chi connectivity index (χ4v) is 3.60. The number of aliphatic imine (C=N–C) groups is 1. The fraction of sp³-hybridized carbons (Fsp3) is 0.611. The predicted octanol–water partition coefficient (Wildman–Crippen LogP) is 3.04. The van der Waals surface area contributed by atoms with E-state index in [0.717, 1.165) is 25.6 Å². The van der Waals surface area contributed by atoms with E-state index >= 15 is 0 Å². The highest BCUT2D eigenvalue weighted by Crippen LogP contribution is 2.33. The molecule has 0 atom stereocenters. The monoisotopic (exact) mass is 285 g/mol. The van der Waals surface area contributed by atoms with E-state index in [0.29, 0.717) is 0 Å². The Labute approximate surface area is 128 Å². The fourth-order valence-electron chi connectivity index (χ4n) is 3.60. The Bertz CT molecular complexity index is 513. The third-order valence-electron chi connectivity index (χ3n) is 4.97. The Morgan fingerprint density at radius 1 is 1.33 bits per heavy atom. The predicted molar refractivity (Wildman–Crippen MR) is 88.7 cm³/mol. The number of nitrogens with zero attached hydrogens (tertiary/aromatic N) is 1. The van der Waals surface area contributed by atoms with Crippen molar-refractivity contribution in [3.05, 3.63) is 35.4 Å². The number of hydrogen-bond acceptors (Lipinski definition) is 3. The van der Waals surface area contributed by atoms with E-state index in [9.17, 15) is 0 Å². The molecular weight excluding hydrogens is 258 g/mol. The van der Waals surface area contributed by atoms with Gasteiger partial charge in [0.05, 0.1) is 12.1 Å².